The second-order valence-corrected chi connectivity index (χ2v) is 7.56. The van der Waals surface area contributed by atoms with Crippen LogP contribution in [0.4, 0.5) is 4.79 Å². The molecular weight excluding hydrogens is 372 g/mol. The van der Waals surface area contributed by atoms with Gasteiger partial charge >= 0.3 is 6.09 Å². The maximum absolute atomic E-state index is 12.2. The van der Waals surface area contributed by atoms with Gasteiger partial charge in [0, 0.05) is 31.7 Å². The molecule has 0 unspecified atom stereocenters. The van der Waals surface area contributed by atoms with E-state index in [0.29, 0.717) is 50.5 Å². The van der Waals surface area contributed by atoms with Gasteiger partial charge in [0.25, 0.3) is 0 Å². The molecule has 0 bridgehead atoms. The van der Waals surface area contributed by atoms with Crippen molar-refractivity contribution in [3.05, 3.63) is 30.2 Å². The van der Waals surface area contributed by atoms with Crippen molar-refractivity contribution in [1.82, 2.24) is 19.9 Å². The number of carbonyl (C=O) groups excluding carboxylic acids is 1. The smallest absolute Gasteiger partial charge is 0.409 e. The molecule has 1 aromatic carbocycles. The summed E-state index contributed by atoms with van der Waals surface area (Å²) in [5.41, 5.74) is 0.887. The summed E-state index contributed by atoms with van der Waals surface area (Å²) >= 11 is 0. The lowest BCUT2D eigenvalue weighted by Crippen LogP contribution is -2.36. The van der Waals surface area contributed by atoms with Gasteiger partial charge < -0.3 is 18.9 Å². The third-order valence-corrected chi connectivity index (χ3v) is 4.64. The molecule has 0 saturated carbocycles. The van der Waals surface area contributed by atoms with Crippen molar-refractivity contribution in [3.8, 4) is 17.1 Å². The molecule has 1 aromatic heterocycles. The zero-order chi connectivity index (χ0) is 20.6. The van der Waals surface area contributed by atoms with Crippen LogP contribution in [-0.2, 0) is 11.3 Å². The fraction of sp³-hybridized carbons (Fsp3) is 0.571. The molecule has 0 radical (unpaired) electrons. The van der Waals surface area contributed by atoms with Crippen LogP contribution in [0.2, 0.25) is 0 Å². The molecule has 1 aliphatic heterocycles. The number of aromatic nitrogens is 2. The summed E-state index contributed by atoms with van der Waals surface area (Å²) in [6.45, 7) is 10.6. The van der Waals surface area contributed by atoms with E-state index in [9.17, 15) is 4.79 Å². The number of nitrogens with zero attached hydrogens (tertiary/aromatic N) is 4. The number of carbonyl (C=O) groups is 1. The number of hydrogen-bond donors (Lipinski definition) is 0. The summed E-state index contributed by atoms with van der Waals surface area (Å²) in [4.78, 5) is 20.7. The molecule has 0 atom stereocenters. The van der Waals surface area contributed by atoms with E-state index >= 15 is 0 Å². The Morgan fingerprint density at radius 3 is 2.69 bits per heavy atom. The fourth-order valence-electron chi connectivity index (χ4n) is 3.14. The Bertz CT molecular complexity index is 775. The van der Waals surface area contributed by atoms with Crippen molar-refractivity contribution in [2.24, 2.45) is 5.92 Å². The molecule has 8 nitrogen and oxygen atoms in total. The third-order valence-electron chi connectivity index (χ3n) is 4.64. The van der Waals surface area contributed by atoms with Crippen LogP contribution < -0.4 is 4.74 Å². The molecule has 1 saturated heterocycles. The Hall–Kier alpha value is -2.61. The Morgan fingerprint density at radius 2 is 1.97 bits per heavy atom. The first-order chi connectivity index (χ1) is 14.0. The van der Waals surface area contributed by atoms with Gasteiger partial charge in [-0.2, -0.15) is 4.98 Å². The first-order valence-corrected chi connectivity index (χ1v) is 10.2. The van der Waals surface area contributed by atoms with Gasteiger partial charge in [0.15, 0.2) is 0 Å². The van der Waals surface area contributed by atoms with E-state index < -0.39 is 0 Å². The summed E-state index contributed by atoms with van der Waals surface area (Å²) in [5, 5.41) is 4.10. The molecule has 2 heterocycles. The highest BCUT2D eigenvalue weighted by molar-refractivity contribution is 5.67. The van der Waals surface area contributed by atoms with Crippen molar-refractivity contribution < 1.29 is 18.8 Å². The van der Waals surface area contributed by atoms with Crippen LogP contribution in [-0.4, -0.2) is 65.4 Å². The summed E-state index contributed by atoms with van der Waals surface area (Å²) in [7, 11) is 0. The number of benzene rings is 1. The zero-order valence-electron chi connectivity index (χ0n) is 17.5. The predicted octanol–water partition coefficient (Wildman–Crippen LogP) is 3.44. The fourth-order valence-corrected chi connectivity index (χ4v) is 3.14. The van der Waals surface area contributed by atoms with Gasteiger partial charge in [0.05, 0.1) is 19.8 Å². The first kappa shape index (κ1) is 21.1. The highest BCUT2D eigenvalue weighted by Crippen LogP contribution is 2.20. The second-order valence-electron chi connectivity index (χ2n) is 7.56. The summed E-state index contributed by atoms with van der Waals surface area (Å²) in [5.74, 6) is 2.30. The van der Waals surface area contributed by atoms with Gasteiger partial charge in [0.1, 0.15) is 5.75 Å². The molecule has 3 rings (SSSR count). The monoisotopic (exact) mass is 402 g/mol. The third kappa shape index (κ3) is 6.19. The average Bonchev–Trinajstić information content (AvgIpc) is 3.04. The molecular formula is C21H30N4O4. The van der Waals surface area contributed by atoms with Crippen molar-refractivity contribution >= 4 is 6.09 Å². The molecule has 0 N–H and O–H groups in total. The zero-order valence-corrected chi connectivity index (χ0v) is 17.5. The van der Waals surface area contributed by atoms with Crippen molar-refractivity contribution in [2.45, 2.75) is 33.7 Å². The van der Waals surface area contributed by atoms with E-state index in [-0.39, 0.29) is 6.09 Å². The van der Waals surface area contributed by atoms with E-state index in [4.69, 9.17) is 14.0 Å². The van der Waals surface area contributed by atoms with Crippen molar-refractivity contribution in [3.63, 3.8) is 0 Å². The minimum Gasteiger partial charge on any atom is -0.494 e. The molecule has 1 amide bonds. The van der Waals surface area contributed by atoms with E-state index in [1.54, 1.807) is 4.90 Å². The quantitative estimate of drug-likeness (QED) is 0.702. The minimum atomic E-state index is -0.226. The SMILES string of the molecule is CCOc1ccc(-c2noc(CN3CCCN(C(=O)OCC(C)C)CC3)n2)cc1. The first-order valence-electron chi connectivity index (χ1n) is 10.2. The lowest BCUT2D eigenvalue weighted by atomic mass is 10.2. The van der Waals surface area contributed by atoms with Crippen LogP contribution in [0.1, 0.15) is 33.1 Å². The molecule has 158 valence electrons. The lowest BCUT2D eigenvalue weighted by molar-refractivity contribution is 0.0928. The van der Waals surface area contributed by atoms with Gasteiger partial charge in [-0.3, -0.25) is 4.90 Å². The van der Waals surface area contributed by atoms with E-state index in [1.807, 2.05) is 45.0 Å². The number of rotatable bonds is 7. The van der Waals surface area contributed by atoms with Crippen LogP contribution in [0.3, 0.4) is 0 Å². The maximum atomic E-state index is 12.2. The van der Waals surface area contributed by atoms with Crippen molar-refractivity contribution in [1.29, 1.82) is 0 Å². The number of ether oxygens (including phenoxy) is 2. The lowest BCUT2D eigenvalue weighted by Gasteiger charge is -2.21. The van der Waals surface area contributed by atoms with Gasteiger partial charge in [-0.15, -0.1) is 0 Å². The van der Waals surface area contributed by atoms with Crippen LogP contribution in [0.5, 0.6) is 5.75 Å². The van der Waals surface area contributed by atoms with Gasteiger partial charge in [-0.25, -0.2) is 4.79 Å². The molecule has 0 aliphatic carbocycles. The largest absolute Gasteiger partial charge is 0.494 e. The normalized spacial score (nSPS) is 15.4. The van der Waals surface area contributed by atoms with Crippen molar-refractivity contribution in [2.75, 3.05) is 39.4 Å². The second kappa shape index (κ2) is 10.2. The molecule has 1 fully saturated rings. The van der Waals surface area contributed by atoms with Gasteiger partial charge in [-0.05, 0) is 43.5 Å². The van der Waals surface area contributed by atoms with Crippen LogP contribution >= 0.6 is 0 Å². The number of amides is 1. The average molecular weight is 402 g/mol. The minimum absolute atomic E-state index is 0.226. The number of hydrogen-bond acceptors (Lipinski definition) is 7. The van der Waals surface area contributed by atoms with Gasteiger partial charge in [0.2, 0.25) is 11.7 Å². The summed E-state index contributed by atoms with van der Waals surface area (Å²) in [6.07, 6.45) is 0.660. The van der Waals surface area contributed by atoms with Gasteiger partial charge in [-0.1, -0.05) is 19.0 Å². The molecule has 29 heavy (non-hydrogen) atoms. The Kier molecular flexibility index (Phi) is 7.46. The maximum Gasteiger partial charge on any atom is 0.409 e. The predicted molar refractivity (Wildman–Crippen MR) is 109 cm³/mol. The molecule has 0 spiro atoms. The topological polar surface area (TPSA) is 80.9 Å². The van der Waals surface area contributed by atoms with Crippen LogP contribution in [0, 0.1) is 5.92 Å². The van der Waals surface area contributed by atoms with Crippen LogP contribution in [0.15, 0.2) is 28.8 Å². The van der Waals surface area contributed by atoms with E-state index in [1.165, 1.54) is 0 Å². The van der Waals surface area contributed by atoms with Crippen LogP contribution in [0.25, 0.3) is 11.4 Å². The molecule has 1 aliphatic rings. The molecule has 8 heteroatoms. The highest BCUT2D eigenvalue weighted by atomic mass is 16.6. The summed E-state index contributed by atoms with van der Waals surface area (Å²) < 4.78 is 16.2. The van der Waals surface area contributed by atoms with E-state index in [2.05, 4.69) is 15.0 Å². The Labute approximate surface area is 171 Å². The Balaban J connectivity index is 1.52. The molecule has 2 aromatic rings. The Morgan fingerprint density at radius 1 is 1.17 bits per heavy atom. The highest BCUT2D eigenvalue weighted by Gasteiger charge is 2.22. The van der Waals surface area contributed by atoms with E-state index in [0.717, 1.165) is 30.8 Å². The standard InChI is InChI=1S/C21H30N4O4/c1-4-27-18-8-6-17(7-9-18)20-22-19(29-23-20)14-24-10-5-11-25(13-12-24)21(26)28-15-16(2)3/h6-9,16H,4-5,10-15H2,1-3H3. The summed E-state index contributed by atoms with van der Waals surface area (Å²) in [6, 6.07) is 7.64.